The van der Waals surface area contributed by atoms with Crippen LogP contribution in [0.1, 0.15) is 25.7 Å². The van der Waals surface area contributed by atoms with Crippen LogP contribution in [-0.2, 0) is 19.5 Å². The summed E-state index contributed by atoms with van der Waals surface area (Å²) >= 11 is 0. The van der Waals surface area contributed by atoms with E-state index in [2.05, 4.69) is 0 Å². The maximum absolute atomic E-state index is 13.0. The molecule has 0 bridgehead atoms. The standard InChI is InChI=1S/C16H22FNO4S/c1-21-15-3-2-12-22-16(15)8-10-18(11-9-16)23(19,20)14-6-4-13(17)5-7-14/h4-7,15H,2-3,8-12H2,1H3/t15-/m0/s1. The number of methoxy groups -OCH3 is 1. The molecule has 3 rings (SSSR count). The zero-order valence-electron chi connectivity index (χ0n) is 13.2. The van der Waals surface area contributed by atoms with Gasteiger partial charge in [-0.15, -0.1) is 0 Å². The first-order valence-electron chi connectivity index (χ1n) is 7.90. The summed E-state index contributed by atoms with van der Waals surface area (Å²) in [7, 11) is -1.90. The van der Waals surface area contributed by atoms with Crippen LogP contribution < -0.4 is 0 Å². The van der Waals surface area contributed by atoms with Crippen molar-refractivity contribution < 1.29 is 22.3 Å². The molecule has 5 nitrogen and oxygen atoms in total. The number of nitrogens with zero attached hydrogens (tertiary/aromatic N) is 1. The Labute approximate surface area is 136 Å². The summed E-state index contributed by atoms with van der Waals surface area (Å²) in [6.45, 7) is 1.48. The van der Waals surface area contributed by atoms with Crippen molar-refractivity contribution in [2.24, 2.45) is 0 Å². The summed E-state index contributed by atoms with van der Waals surface area (Å²) in [4.78, 5) is 0.128. The molecule has 7 heteroatoms. The molecule has 0 saturated carbocycles. The lowest BCUT2D eigenvalue weighted by molar-refractivity contribution is -0.182. The first-order valence-corrected chi connectivity index (χ1v) is 9.34. The molecule has 0 unspecified atom stereocenters. The van der Waals surface area contributed by atoms with E-state index in [1.54, 1.807) is 7.11 Å². The minimum absolute atomic E-state index is 0.0203. The molecule has 1 aromatic carbocycles. The van der Waals surface area contributed by atoms with E-state index in [9.17, 15) is 12.8 Å². The van der Waals surface area contributed by atoms with Gasteiger partial charge in [-0.05, 0) is 49.9 Å². The van der Waals surface area contributed by atoms with Gasteiger partial charge in [0.2, 0.25) is 10.0 Å². The fraction of sp³-hybridized carbons (Fsp3) is 0.625. The Morgan fingerprint density at radius 2 is 1.91 bits per heavy atom. The Morgan fingerprint density at radius 1 is 1.26 bits per heavy atom. The fourth-order valence-corrected chi connectivity index (χ4v) is 5.00. The van der Waals surface area contributed by atoms with E-state index >= 15 is 0 Å². The zero-order chi connectivity index (χ0) is 16.5. The van der Waals surface area contributed by atoms with Crippen LogP contribution in [-0.4, -0.2) is 51.2 Å². The molecule has 1 spiro atoms. The average molecular weight is 343 g/mol. The van der Waals surface area contributed by atoms with Gasteiger partial charge < -0.3 is 9.47 Å². The van der Waals surface area contributed by atoms with Gasteiger partial charge in [-0.25, -0.2) is 12.8 Å². The normalized spacial score (nSPS) is 25.6. The molecule has 1 aromatic rings. The van der Waals surface area contributed by atoms with Gasteiger partial charge in [-0.3, -0.25) is 0 Å². The van der Waals surface area contributed by atoms with Crippen molar-refractivity contribution in [3.05, 3.63) is 30.1 Å². The van der Waals surface area contributed by atoms with Crippen molar-refractivity contribution in [3.8, 4) is 0 Å². The smallest absolute Gasteiger partial charge is 0.243 e. The molecule has 0 N–H and O–H groups in total. The van der Waals surface area contributed by atoms with Gasteiger partial charge in [-0.2, -0.15) is 4.31 Å². The number of rotatable bonds is 3. The summed E-state index contributed by atoms with van der Waals surface area (Å²) < 4.78 is 51.3. The highest BCUT2D eigenvalue weighted by Crippen LogP contribution is 2.38. The average Bonchev–Trinajstić information content (AvgIpc) is 2.56. The van der Waals surface area contributed by atoms with Crippen LogP contribution >= 0.6 is 0 Å². The Kier molecular flexibility index (Phi) is 4.73. The van der Waals surface area contributed by atoms with Crippen molar-refractivity contribution >= 4 is 10.0 Å². The van der Waals surface area contributed by atoms with E-state index in [-0.39, 0.29) is 16.6 Å². The van der Waals surface area contributed by atoms with E-state index in [0.717, 1.165) is 12.8 Å². The van der Waals surface area contributed by atoms with Crippen LogP contribution in [0.25, 0.3) is 0 Å². The maximum Gasteiger partial charge on any atom is 0.243 e. The number of benzene rings is 1. The van der Waals surface area contributed by atoms with Gasteiger partial charge in [0.25, 0.3) is 0 Å². The molecule has 2 aliphatic heterocycles. The molecule has 2 heterocycles. The van der Waals surface area contributed by atoms with Gasteiger partial charge in [0.15, 0.2) is 0 Å². The second-order valence-corrected chi connectivity index (χ2v) is 8.08. The van der Waals surface area contributed by atoms with Crippen molar-refractivity contribution in [1.29, 1.82) is 0 Å². The molecule has 1 atom stereocenters. The molecule has 0 radical (unpaired) electrons. The fourth-order valence-electron chi connectivity index (χ4n) is 3.56. The van der Waals surface area contributed by atoms with Crippen LogP contribution in [0, 0.1) is 5.82 Å². The Morgan fingerprint density at radius 3 is 2.52 bits per heavy atom. The largest absolute Gasteiger partial charge is 0.378 e. The molecular weight excluding hydrogens is 321 g/mol. The highest BCUT2D eigenvalue weighted by Gasteiger charge is 2.46. The number of sulfonamides is 1. The quantitative estimate of drug-likeness (QED) is 0.844. The number of halogens is 1. The number of piperidine rings is 1. The third kappa shape index (κ3) is 3.15. The molecule has 128 valence electrons. The van der Waals surface area contributed by atoms with Crippen LogP contribution in [0.3, 0.4) is 0 Å². The van der Waals surface area contributed by atoms with E-state index in [1.807, 2.05) is 0 Å². The lowest BCUT2D eigenvalue weighted by Crippen LogP contribution is -2.56. The predicted octanol–water partition coefficient (Wildman–Crippen LogP) is 2.17. The topological polar surface area (TPSA) is 55.8 Å². The lowest BCUT2D eigenvalue weighted by Gasteiger charge is -2.47. The lowest BCUT2D eigenvalue weighted by atomic mass is 9.82. The van der Waals surface area contributed by atoms with Crippen LogP contribution in [0.2, 0.25) is 0 Å². The number of hydrogen-bond donors (Lipinski definition) is 0. The van der Waals surface area contributed by atoms with Gasteiger partial charge >= 0.3 is 0 Å². The third-order valence-electron chi connectivity index (χ3n) is 4.89. The molecule has 2 aliphatic rings. The van der Waals surface area contributed by atoms with Gasteiger partial charge in [0, 0.05) is 26.8 Å². The summed E-state index contributed by atoms with van der Waals surface area (Å²) in [5.74, 6) is -0.444. The highest BCUT2D eigenvalue weighted by atomic mass is 32.2. The Balaban J connectivity index is 1.74. The minimum atomic E-state index is -3.59. The summed E-state index contributed by atoms with van der Waals surface area (Å²) in [5.41, 5.74) is -0.373. The summed E-state index contributed by atoms with van der Waals surface area (Å²) in [6.07, 6.45) is 3.17. The van der Waals surface area contributed by atoms with E-state index in [1.165, 1.54) is 28.6 Å². The summed E-state index contributed by atoms with van der Waals surface area (Å²) in [5, 5.41) is 0. The second kappa shape index (κ2) is 6.47. The van der Waals surface area contributed by atoms with E-state index in [0.29, 0.717) is 32.5 Å². The predicted molar refractivity (Wildman–Crippen MR) is 83.1 cm³/mol. The third-order valence-corrected chi connectivity index (χ3v) is 6.80. The highest BCUT2D eigenvalue weighted by molar-refractivity contribution is 7.89. The second-order valence-electron chi connectivity index (χ2n) is 6.14. The Hall–Kier alpha value is -1.02. The molecule has 0 aliphatic carbocycles. The van der Waals surface area contributed by atoms with Gasteiger partial charge in [0.1, 0.15) is 5.82 Å². The number of hydrogen-bond acceptors (Lipinski definition) is 4. The molecule has 2 fully saturated rings. The van der Waals surface area contributed by atoms with Crippen molar-refractivity contribution in [2.45, 2.75) is 42.3 Å². The van der Waals surface area contributed by atoms with E-state index in [4.69, 9.17) is 9.47 Å². The first kappa shape index (κ1) is 16.8. The van der Waals surface area contributed by atoms with Gasteiger partial charge in [-0.1, -0.05) is 0 Å². The summed E-state index contributed by atoms with van der Waals surface area (Å²) in [6, 6.07) is 4.96. The minimum Gasteiger partial charge on any atom is -0.378 e. The molecule has 0 aromatic heterocycles. The van der Waals surface area contributed by atoms with Crippen LogP contribution in [0.4, 0.5) is 4.39 Å². The van der Waals surface area contributed by atoms with Gasteiger partial charge in [0.05, 0.1) is 16.6 Å². The van der Waals surface area contributed by atoms with Crippen LogP contribution in [0.15, 0.2) is 29.2 Å². The molecule has 2 saturated heterocycles. The molecule has 23 heavy (non-hydrogen) atoms. The monoisotopic (exact) mass is 343 g/mol. The van der Waals surface area contributed by atoms with Crippen molar-refractivity contribution in [2.75, 3.05) is 26.8 Å². The van der Waals surface area contributed by atoms with Crippen molar-refractivity contribution in [1.82, 2.24) is 4.31 Å². The van der Waals surface area contributed by atoms with Crippen LogP contribution in [0.5, 0.6) is 0 Å². The molecule has 0 amide bonds. The van der Waals surface area contributed by atoms with E-state index < -0.39 is 15.8 Å². The zero-order valence-corrected chi connectivity index (χ0v) is 14.0. The first-order chi connectivity index (χ1) is 11.0. The van der Waals surface area contributed by atoms with Crippen molar-refractivity contribution in [3.63, 3.8) is 0 Å². The molecular formula is C16H22FNO4S. The Bertz CT molecular complexity index is 639. The maximum atomic E-state index is 13.0. The SMILES string of the molecule is CO[C@H]1CCCOC12CCN(S(=O)(=O)c1ccc(F)cc1)CC2. The number of ether oxygens (including phenoxy) is 2.